The van der Waals surface area contributed by atoms with Crippen molar-refractivity contribution in [3.05, 3.63) is 0 Å². The van der Waals surface area contributed by atoms with Crippen LogP contribution in [0.5, 0.6) is 0 Å². The molecule has 84 valence electrons. The van der Waals surface area contributed by atoms with Crippen molar-refractivity contribution in [2.75, 3.05) is 5.88 Å². The second-order valence-electron chi connectivity index (χ2n) is 4.52. The predicted octanol–water partition coefficient (Wildman–Crippen LogP) is 2.95. The largest absolute Gasteiger partial charge is 0.345 e. The number of thiol groups is 1. The average molecular weight is 253 g/mol. The van der Waals surface area contributed by atoms with E-state index >= 15 is 0 Å². The summed E-state index contributed by atoms with van der Waals surface area (Å²) >= 11 is 4.18. The number of hydrogen-bond acceptors (Lipinski definition) is 4. The van der Waals surface area contributed by atoms with Gasteiger partial charge in [-0.25, -0.2) is 0 Å². The van der Waals surface area contributed by atoms with E-state index in [0.717, 1.165) is 0 Å². The molecule has 0 heterocycles. The molecular formula is C9H19NOS3. The minimum absolute atomic E-state index is 0.0251. The first-order valence-electron chi connectivity index (χ1n) is 4.44. The summed E-state index contributed by atoms with van der Waals surface area (Å²) in [5.74, 6) is 0.605. The molecule has 0 saturated carbocycles. The van der Waals surface area contributed by atoms with Gasteiger partial charge < -0.3 is 5.32 Å². The summed E-state index contributed by atoms with van der Waals surface area (Å²) in [6.45, 7) is 10.0. The molecule has 14 heavy (non-hydrogen) atoms. The lowest BCUT2D eigenvalue weighted by molar-refractivity contribution is -0.122. The first-order valence-corrected chi connectivity index (χ1v) is 7.21. The van der Waals surface area contributed by atoms with Crippen LogP contribution in [0.1, 0.15) is 34.6 Å². The first-order chi connectivity index (χ1) is 6.13. The Bertz CT molecular complexity index is 193. The van der Waals surface area contributed by atoms with Gasteiger partial charge in [-0.3, -0.25) is 4.79 Å². The summed E-state index contributed by atoms with van der Waals surface area (Å²) in [6, 6.07) is 0. The molecule has 0 aliphatic heterocycles. The molecule has 0 radical (unpaired) electrons. The van der Waals surface area contributed by atoms with Crippen LogP contribution in [0.2, 0.25) is 0 Å². The van der Waals surface area contributed by atoms with Crippen LogP contribution < -0.4 is 5.32 Å². The summed E-state index contributed by atoms with van der Waals surface area (Å²) in [4.78, 5) is 11.4. The maximum absolute atomic E-state index is 11.4. The molecule has 5 heteroatoms. The van der Waals surface area contributed by atoms with Gasteiger partial charge in [0.1, 0.15) is 0 Å². The molecule has 0 rings (SSSR count). The summed E-state index contributed by atoms with van der Waals surface area (Å²) in [5, 5.41) is 2.82. The number of hydrogen-bond donors (Lipinski definition) is 2. The Labute approximate surface area is 100 Å². The summed E-state index contributed by atoms with van der Waals surface area (Å²) < 4.78 is -0.362. The van der Waals surface area contributed by atoms with Crippen LogP contribution in [-0.2, 0) is 4.79 Å². The second-order valence-corrected chi connectivity index (χ2v) is 8.76. The van der Waals surface area contributed by atoms with E-state index in [-0.39, 0.29) is 10.7 Å². The molecule has 0 spiro atoms. The molecule has 0 aliphatic rings. The Kier molecular flexibility index (Phi) is 5.77. The fourth-order valence-electron chi connectivity index (χ4n) is 0.518. The quantitative estimate of drug-likeness (QED) is 0.349. The number of carbonyl (C=O) groups is 1. The van der Waals surface area contributed by atoms with Gasteiger partial charge in [0.15, 0.2) is 0 Å². The monoisotopic (exact) mass is 253 g/mol. The van der Waals surface area contributed by atoms with E-state index < -0.39 is 4.75 Å². The zero-order valence-corrected chi connectivity index (χ0v) is 11.9. The summed E-state index contributed by atoms with van der Waals surface area (Å²) in [6.07, 6.45) is 0. The fourth-order valence-corrected chi connectivity index (χ4v) is 2.61. The van der Waals surface area contributed by atoms with Crippen LogP contribution in [0.4, 0.5) is 0 Å². The highest BCUT2D eigenvalue weighted by Gasteiger charge is 2.21. The Balaban J connectivity index is 3.62. The van der Waals surface area contributed by atoms with Crippen LogP contribution in [0, 0.1) is 0 Å². The van der Waals surface area contributed by atoms with Crippen molar-refractivity contribution >= 4 is 40.1 Å². The summed E-state index contributed by atoms with van der Waals surface area (Å²) in [5.41, 5.74) is 0. The molecule has 0 fully saturated rings. The van der Waals surface area contributed by atoms with Crippen molar-refractivity contribution in [1.29, 1.82) is 0 Å². The molecular weight excluding hydrogens is 234 g/mol. The van der Waals surface area contributed by atoms with Gasteiger partial charge in [-0.15, -0.1) is 0 Å². The first kappa shape index (κ1) is 14.5. The zero-order valence-electron chi connectivity index (χ0n) is 9.38. The molecule has 0 aliphatic carbocycles. The maximum atomic E-state index is 11.4. The van der Waals surface area contributed by atoms with Gasteiger partial charge in [-0.1, -0.05) is 42.4 Å². The normalized spacial score (nSPS) is 12.7. The second kappa shape index (κ2) is 5.56. The third-order valence-corrected chi connectivity index (χ3v) is 4.45. The fraction of sp³-hybridized carbons (Fsp3) is 0.889. The number of carbonyl (C=O) groups excluding carboxylic acids is 1. The van der Waals surface area contributed by atoms with Crippen LogP contribution >= 0.6 is 34.2 Å². The molecule has 0 aromatic heterocycles. The molecule has 0 aromatic rings. The molecule has 0 saturated heterocycles. The van der Waals surface area contributed by atoms with Gasteiger partial charge in [-0.2, -0.15) is 12.6 Å². The highest BCUT2D eigenvalue weighted by molar-refractivity contribution is 8.77. The van der Waals surface area contributed by atoms with Gasteiger partial charge in [-0.05, 0) is 13.8 Å². The Morgan fingerprint density at radius 3 is 2.14 bits per heavy atom. The van der Waals surface area contributed by atoms with Crippen LogP contribution in [0.25, 0.3) is 0 Å². The van der Waals surface area contributed by atoms with Crippen molar-refractivity contribution in [3.8, 4) is 0 Å². The van der Waals surface area contributed by atoms with E-state index in [9.17, 15) is 4.79 Å². The number of nitrogens with one attached hydrogen (secondary N) is 1. The Morgan fingerprint density at radius 1 is 1.29 bits per heavy atom. The highest BCUT2D eigenvalue weighted by atomic mass is 33.1. The van der Waals surface area contributed by atoms with E-state index in [2.05, 4.69) is 38.7 Å². The van der Waals surface area contributed by atoms with Gasteiger partial charge in [0.05, 0.1) is 10.6 Å². The van der Waals surface area contributed by atoms with Gasteiger partial charge >= 0.3 is 0 Å². The maximum Gasteiger partial charge on any atom is 0.236 e. The lowest BCUT2D eigenvalue weighted by Crippen LogP contribution is -2.37. The van der Waals surface area contributed by atoms with Gasteiger partial charge in [0.25, 0.3) is 0 Å². The predicted molar refractivity (Wildman–Crippen MR) is 71.0 cm³/mol. The standard InChI is InChI=1S/C9H19NOS3/c1-8(2,3)14-13-6-10-7(11)9(4,5)12/h12H,6H2,1-5H3,(H,10,11). The molecule has 0 bridgehead atoms. The van der Waals surface area contributed by atoms with E-state index in [1.807, 2.05) is 0 Å². The topological polar surface area (TPSA) is 29.1 Å². The highest BCUT2D eigenvalue weighted by Crippen LogP contribution is 2.34. The molecule has 2 nitrogen and oxygen atoms in total. The van der Waals surface area contributed by atoms with Crippen molar-refractivity contribution < 1.29 is 4.79 Å². The lowest BCUT2D eigenvalue weighted by atomic mass is 10.2. The zero-order chi connectivity index (χ0) is 11.4. The SMILES string of the molecule is CC(C)(C)SSCNC(=O)C(C)(C)S. The van der Waals surface area contributed by atoms with Crippen molar-refractivity contribution in [2.24, 2.45) is 0 Å². The van der Waals surface area contributed by atoms with Crippen molar-refractivity contribution in [2.45, 2.75) is 44.1 Å². The van der Waals surface area contributed by atoms with Crippen molar-refractivity contribution in [3.63, 3.8) is 0 Å². The van der Waals surface area contributed by atoms with Crippen LogP contribution in [-0.4, -0.2) is 21.3 Å². The smallest absolute Gasteiger partial charge is 0.236 e. The van der Waals surface area contributed by atoms with E-state index in [1.54, 1.807) is 35.4 Å². The number of amides is 1. The molecule has 0 aromatic carbocycles. The molecule has 0 atom stereocenters. The van der Waals surface area contributed by atoms with E-state index in [0.29, 0.717) is 5.88 Å². The van der Waals surface area contributed by atoms with E-state index in [4.69, 9.17) is 0 Å². The molecule has 1 amide bonds. The minimum atomic E-state index is -0.590. The third kappa shape index (κ3) is 7.88. The average Bonchev–Trinajstić information content (AvgIpc) is 1.93. The Hall–Kier alpha value is 0.520. The lowest BCUT2D eigenvalue weighted by Gasteiger charge is -2.19. The number of rotatable bonds is 4. The van der Waals surface area contributed by atoms with Gasteiger partial charge in [0.2, 0.25) is 5.91 Å². The summed E-state index contributed by atoms with van der Waals surface area (Å²) in [7, 11) is 3.42. The van der Waals surface area contributed by atoms with Crippen LogP contribution in [0.3, 0.4) is 0 Å². The van der Waals surface area contributed by atoms with Crippen LogP contribution in [0.15, 0.2) is 0 Å². The van der Waals surface area contributed by atoms with Crippen molar-refractivity contribution in [1.82, 2.24) is 5.32 Å². The third-order valence-electron chi connectivity index (χ3n) is 1.16. The molecule has 0 unspecified atom stereocenters. The van der Waals surface area contributed by atoms with Gasteiger partial charge in [0, 0.05) is 4.75 Å². The minimum Gasteiger partial charge on any atom is -0.345 e. The molecule has 1 N–H and O–H groups in total. The van der Waals surface area contributed by atoms with E-state index in [1.165, 1.54) is 0 Å². The Morgan fingerprint density at radius 2 is 1.79 bits per heavy atom.